The second-order valence-electron chi connectivity index (χ2n) is 15.0. The molecule has 2 N–H and O–H groups in total. The van der Waals surface area contributed by atoms with Gasteiger partial charge in [0.05, 0.1) is 12.1 Å². The molecule has 3 rings (SSSR count). The number of aromatic hydroxyl groups is 2. The Bertz CT molecular complexity index is 1180. The van der Waals surface area contributed by atoms with Crippen LogP contribution in [0.5, 0.6) is 11.5 Å². The minimum absolute atomic E-state index is 0.0609. The van der Waals surface area contributed by atoms with Gasteiger partial charge in [-0.2, -0.15) is 0 Å². The maximum absolute atomic E-state index is 11.1. The van der Waals surface area contributed by atoms with Gasteiger partial charge in [0.1, 0.15) is 11.5 Å². The lowest BCUT2D eigenvalue weighted by molar-refractivity contribution is 0.373. The van der Waals surface area contributed by atoms with Gasteiger partial charge >= 0.3 is 0 Å². The molecule has 2 aromatic carbocycles. The van der Waals surface area contributed by atoms with Gasteiger partial charge in [-0.1, -0.05) is 118 Å². The van der Waals surface area contributed by atoms with Gasteiger partial charge in [-0.25, -0.2) is 0 Å². The summed E-state index contributed by atoms with van der Waals surface area (Å²) in [6.07, 6.45) is 22.3. The van der Waals surface area contributed by atoms with Crippen LogP contribution in [0.15, 0.2) is 34.3 Å². The largest absolute Gasteiger partial charge is 0.507 e. The van der Waals surface area contributed by atoms with Crippen molar-refractivity contribution in [2.75, 3.05) is 0 Å². The van der Waals surface area contributed by atoms with E-state index in [4.69, 9.17) is 9.98 Å². The predicted octanol–water partition coefficient (Wildman–Crippen LogP) is 11.8. The van der Waals surface area contributed by atoms with Crippen molar-refractivity contribution in [3.63, 3.8) is 0 Å². The molecule has 256 valence electrons. The maximum Gasteiger partial charge on any atom is 0.127 e. The molecule has 0 aromatic heterocycles. The number of nitrogens with zero attached hydrogens (tertiary/aromatic N) is 2. The van der Waals surface area contributed by atoms with Crippen LogP contribution >= 0.6 is 0 Å². The van der Waals surface area contributed by atoms with E-state index in [1.165, 1.54) is 62.5 Å². The number of unbranched alkanes of at least 4 members (excludes halogenated alkanes) is 4. The molecule has 4 nitrogen and oxygen atoms in total. The summed E-state index contributed by atoms with van der Waals surface area (Å²) in [6, 6.07) is 8.90. The van der Waals surface area contributed by atoms with E-state index in [-0.39, 0.29) is 22.9 Å². The van der Waals surface area contributed by atoms with Gasteiger partial charge in [0.2, 0.25) is 0 Å². The molecule has 0 spiro atoms. The third kappa shape index (κ3) is 9.94. The van der Waals surface area contributed by atoms with E-state index in [1.54, 1.807) is 0 Å². The first-order valence-corrected chi connectivity index (χ1v) is 18.8. The predicted molar refractivity (Wildman–Crippen MR) is 200 cm³/mol. The van der Waals surface area contributed by atoms with Crippen molar-refractivity contribution in [3.05, 3.63) is 57.6 Å². The van der Waals surface area contributed by atoms with Gasteiger partial charge in [0.15, 0.2) is 0 Å². The monoisotopic (exact) mass is 631 g/mol. The standard InChI is InChI=1S/C42H66N2O2/c1-9-13-21-41(7,22-14-10-2)35-25-31(5)39(45)33(27-35)29-43-37-19-17-18-20-38(37)44-30-34-28-36(26-32(6)40(34)46)42(8,23-15-11-3)24-16-12-4/h25-30,37-38,45-46H,9-24H2,1-8H3/t37-,38-/m0/s1. The second-order valence-corrected chi connectivity index (χ2v) is 15.0. The van der Waals surface area contributed by atoms with Crippen molar-refractivity contribution < 1.29 is 10.2 Å². The smallest absolute Gasteiger partial charge is 0.127 e. The van der Waals surface area contributed by atoms with Crippen LogP contribution in [0.4, 0.5) is 0 Å². The molecule has 0 radical (unpaired) electrons. The van der Waals surface area contributed by atoms with Crippen LogP contribution in [0.1, 0.15) is 178 Å². The highest BCUT2D eigenvalue weighted by Crippen LogP contribution is 2.39. The summed E-state index contributed by atoms with van der Waals surface area (Å²) in [7, 11) is 0. The molecule has 46 heavy (non-hydrogen) atoms. The third-order valence-electron chi connectivity index (χ3n) is 10.9. The molecule has 2 aromatic rings. The van der Waals surface area contributed by atoms with Crippen molar-refractivity contribution >= 4 is 12.4 Å². The van der Waals surface area contributed by atoms with Crippen molar-refractivity contribution in [1.29, 1.82) is 0 Å². The zero-order chi connectivity index (χ0) is 33.7. The molecule has 1 aliphatic rings. The Labute approximate surface area is 282 Å². The van der Waals surface area contributed by atoms with Crippen LogP contribution in [0.25, 0.3) is 0 Å². The van der Waals surface area contributed by atoms with E-state index in [1.807, 2.05) is 26.3 Å². The van der Waals surface area contributed by atoms with E-state index in [9.17, 15) is 10.2 Å². The summed E-state index contributed by atoms with van der Waals surface area (Å²) >= 11 is 0. The minimum atomic E-state index is 0.0609. The van der Waals surface area contributed by atoms with E-state index < -0.39 is 0 Å². The average Bonchev–Trinajstić information content (AvgIpc) is 3.05. The number of phenols is 2. The number of hydrogen-bond donors (Lipinski definition) is 2. The summed E-state index contributed by atoms with van der Waals surface area (Å²) in [4.78, 5) is 10.2. The van der Waals surface area contributed by atoms with Gasteiger partial charge in [-0.15, -0.1) is 0 Å². The number of rotatable bonds is 18. The van der Waals surface area contributed by atoms with Crippen molar-refractivity contribution in [2.45, 2.75) is 181 Å². The Morgan fingerprint density at radius 3 is 1.24 bits per heavy atom. The van der Waals surface area contributed by atoms with Crippen molar-refractivity contribution in [2.24, 2.45) is 9.98 Å². The molecule has 4 heteroatoms. The third-order valence-corrected chi connectivity index (χ3v) is 10.9. The summed E-state index contributed by atoms with van der Waals surface area (Å²) < 4.78 is 0. The highest BCUT2D eigenvalue weighted by atomic mass is 16.3. The summed E-state index contributed by atoms with van der Waals surface area (Å²) in [6.45, 7) is 17.9. The lowest BCUT2D eigenvalue weighted by Gasteiger charge is -2.31. The van der Waals surface area contributed by atoms with Crippen LogP contribution in [0, 0.1) is 13.8 Å². The van der Waals surface area contributed by atoms with Crippen LogP contribution in [-0.4, -0.2) is 34.7 Å². The van der Waals surface area contributed by atoms with E-state index >= 15 is 0 Å². The van der Waals surface area contributed by atoms with Crippen LogP contribution in [0.2, 0.25) is 0 Å². The summed E-state index contributed by atoms with van der Waals surface area (Å²) in [5.41, 5.74) is 6.33. The molecular formula is C42H66N2O2. The van der Waals surface area contributed by atoms with Gasteiger partial charge in [0, 0.05) is 23.6 Å². The summed E-state index contributed by atoms with van der Waals surface area (Å²) in [5.74, 6) is 0.672. The molecule has 2 atom stereocenters. The van der Waals surface area contributed by atoms with Gasteiger partial charge in [-0.05, 0) is 97.6 Å². The molecule has 0 amide bonds. The van der Waals surface area contributed by atoms with Gasteiger partial charge < -0.3 is 10.2 Å². The molecule has 0 aliphatic heterocycles. The van der Waals surface area contributed by atoms with E-state index in [0.717, 1.165) is 73.6 Å². The lowest BCUT2D eigenvalue weighted by atomic mass is 9.73. The van der Waals surface area contributed by atoms with Crippen LogP contribution in [0.3, 0.4) is 0 Å². The molecule has 0 bridgehead atoms. The topological polar surface area (TPSA) is 65.2 Å². The first-order valence-electron chi connectivity index (χ1n) is 18.8. The van der Waals surface area contributed by atoms with Gasteiger partial charge in [0.25, 0.3) is 0 Å². The Kier molecular flexibility index (Phi) is 14.9. The van der Waals surface area contributed by atoms with Crippen LogP contribution in [-0.2, 0) is 10.8 Å². The Morgan fingerprint density at radius 1 is 0.609 bits per heavy atom. The van der Waals surface area contributed by atoms with E-state index in [0.29, 0.717) is 11.5 Å². The first-order chi connectivity index (χ1) is 22.0. The fourth-order valence-electron chi connectivity index (χ4n) is 7.39. The zero-order valence-corrected chi connectivity index (χ0v) is 30.7. The SMILES string of the molecule is CCCCC(C)(CCCC)c1cc(C)c(O)c(C=N[C@H]2CCCC[C@@H]2N=Cc2cc(C(C)(CCCC)CCCC)cc(C)c2O)c1. The number of aliphatic imine (C=N–C) groups is 2. The zero-order valence-electron chi connectivity index (χ0n) is 30.7. The normalized spacial score (nSPS) is 17.8. The number of hydrogen-bond acceptors (Lipinski definition) is 4. The fourth-order valence-corrected chi connectivity index (χ4v) is 7.39. The number of aryl methyl sites for hydroxylation is 2. The molecule has 0 saturated heterocycles. The quantitative estimate of drug-likeness (QED) is 0.161. The second kappa shape index (κ2) is 18.1. The average molecular weight is 631 g/mol. The lowest BCUT2D eigenvalue weighted by Crippen LogP contribution is -2.27. The molecular weight excluding hydrogens is 564 g/mol. The Morgan fingerprint density at radius 2 is 0.935 bits per heavy atom. The molecule has 1 aliphatic carbocycles. The first kappa shape index (κ1) is 37.8. The molecule has 0 heterocycles. The van der Waals surface area contributed by atoms with Crippen molar-refractivity contribution in [3.8, 4) is 11.5 Å². The Balaban J connectivity index is 1.91. The molecule has 1 fully saturated rings. The molecule has 1 saturated carbocycles. The highest BCUT2D eigenvalue weighted by Gasteiger charge is 2.29. The van der Waals surface area contributed by atoms with Crippen LogP contribution < -0.4 is 0 Å². The number of phenolic OH excluding ortho intramolecular Hbond substituents is 2. The maximum atomic E-state index is 11.1. The highest BCUT2D eigenvalue weighted by molar-refractivity contribution is 5.86. The van der Waals surface area contributed by atoms with E-state index in [2.05, 4.69) is 65.8 Å². The van der Waals surface area contributed by atoms with Crippen molar-refractivity contribution in [1.82, 2.24) is 0 Å². The number of benzene rings is 2. The summed E-state index contributed by atoms with van der Waals surface area (Å²) in [5, 5.41) is 22.2. The van der Waals surface area contributed by atoms with Gasteiger partial charge in [-0.3, -0.25) is 9.98 Å². The fraction of sp³-hybridized carbons (Fsp3) is 0.667. The molecule has 0 unspecified atom stereocenters. The minimum Gasteiger partial charge on any atom is -0.507 e. The Hall–Kier alpha value is -2.62.